The van der Waals surface area contributed by atoms with Crippen molar-refractivity contribution in [2.45, 2.75) is 45.8 Å². The zero-order chi connectivity index (χ0) is 22.8. The third kappa shape index (κ3) is 4.42. The maximum atomic E-state index is 13.3. The Balaban J connectivity index is 1.66. The number of aryl methyl sites for hydroxylation is 2. The fraction of sp³-hybridized carbons (Fsp3) is 0.333. The summed E-state index contributed by atoms with van der Waals surface area (Å²) in [6.07, 6.45) is 2.57. The Kier molecular flexibility index (Phi) is 6.62. The first-order chi connectivity index (χ1) is 15.4. The minimum atomic E-state index is -0.110. The lowest BCUT2D eigenvalue weighted by Crippen LogP contribution is -2.25. The Bertz CT molecular complexity index is 1360. The number of nitrogens with zero attached hydrogens (tertiary/aromatic N) is 3. The predicted octanol–water partition coefficient (Wildman–Crippen LogP) is 5.26. The molecule has 0 bridgehead atoms. The number of carbonyl (C=O) groups excluding carboxylic acids is 1. The van der Waals surface area contributed by atoms with Gasteiger partial charge in [0.1, 0.15) is 9.53 Å². The number of carbonyl (C=O) groups is 1. The van der Waals surface area contributed by atoms with E-state index in [-0.39, 0.29) is 23.1 Å². The van der Waals surface area contributed by atoms with Gasteiger partial charge in [-0.05, 0) is 42.5 Å². The van der Waals surface area contributed by atoms with Crippen molar-refractivity contribution in [1.29, 1.82) is 0 Å². The van der Waals surface area contributed by atoms with Crippen LogP contribution in [0, 0.1) is 12.8 Å². The average molecular weight is 467 g/mol. The number of amides is 1. The van der Waals surface area contributed by atoms with E-state index in [4.69, 9.17) is 4.98 Å². The number of pyridine rings is 1. The van der Waals surface area contributed by atoms with E-state index in [2.05, 4.69) is 31.1 Å². The minimum Gasteiger partial charge on any atom is -0.325 e. The third-order valence-corrected chi connectivity index (χ3v) is 7.27. The zero-order valence-electron chi connectivity index (χ0n) is 18.6. The number of rotatable bonds is 7. The van der Waals surface area contributed by atoms with Gasteiger partial charge in [-0.25, -0.2) is 9.97 Å². The Hall–Kier alpha value is -2.71. The molecule has 1 amide bonds. The van der Waals surface area contributed by atoms with E-state index in [1.54, 1.807) is 10.8 Å². The number of aromatic nitrogens is 3. The van der Waals surface area contributed by atoms with Crippen LogP contribution < -0.4 is 10.9 Å². The first-order valence-electron chi connectivity index (χ1n) is 10.7. The molecule has 166 valence electrons. The Morgan fingerprint density at radius 2 is 2.06 bits per heavy atom. The first-order valence-corrected chi connectivity index (χ1v) is 12.5. The molecule has 0 atom stereocenters. The largest absolute Gasteiger partial charge is 0.325 e. The van der Waals surface area contributed by atoms with Gasteiger partial charge in [-0.1, -0.05) is 50.7 Å². The van der Waals surface area contributed by atoms with Crippen LogP contribution in [0.25, 0.3) is 20.4 Å². The van der Waals surface area contributed by atoms with Gasteiger partial charge >= 0.3 is 0 Å². The van der Waals surface area contributed by atoms with Crippen molar-refractivity contribution < 1.29 is 4.79 Å². The molecular weight excluding hydrogens is 440 g/mol. The SMILES string of the molecule is CCc1cccc(C)c1NC(=O)CSc1nc2c(sc3ncccc32)c(=O)n1CC(C)C. The van der Waals surface area contributed by atoms with Crippen molar-refractivity contribution in [3.05, 3.63) is 58.0 Å². The second-order valence-electron chi connectivity index (χ2n) is 8.14. The topological polar surface area (TPSA) is 76.9 Å². The Morgan fingerprint density at radius 3 is 2.81 bits per heavy atom. The second kappa shape index (κ2) is 9.42. The van der Waals surface area contributed by atoms with Crippen molar-refractivity contribution in [3.63, 3.8) is 0 Å². The van der Waals surface area contributed by atoms with Crippen LogP contribution in [0.1, 0.15) is 31.9 Å². The summed E-state index contributed by atoms with van der Waals surface area (Å²) in [5, 5.41) is 4.49. The summed E-state index contributed by atoms with van der Waals surface area (Å²) in [5.41, 5.74) is 3.62. The molecule has 0 aliphatic carbocycles. The zero-order valence-corrected chi connectivity index (χ0v) is 20.3. The van der Waals surface area contributed by atoms with E-state index in [1.807, 2.05) is 37.3 Å². The third-order valence-electron chi connectivity index (χ3n) is 5.20. The van der Waals surface area contributed by atoms with Crippen LogP contribution in [0.4, 0.5) is 5.69 Å². The molecule has 4 rings (SSSR count). The summed E-state index contributed by atoms with van der Waals surface area (Å²) in [7, 11) is 0. The van der Waals surface area contributed by atoms with Crippen molar-refractivity contribution >= 4 is 55.1 Å². The van der Waals surface area contributed by atoms with Crippen LogP contribution in [0.5, 0.6) is 0 Å². The number of benzene rings is 1. The van der Waals surface area contributed by atoms with Crippen LogP contribution >= 0.6 is 23.1 Å². The first kappa shape index (κ1) is 22.5. The summed E-state index contributed by atoms with van der Waals surface area (Å²) >= 11 is 2.68. The van der Waals surface area contributed by atoms with Crippen molar-refractivity contribution in [2.24, 2.45) is 5.92 Å². The molecule has 8 heteroatoms. The van der Waals surface area contributed by atoms with Crippen LogP contribution in [0.3, 0.4) is 0 Å². The summed E-state index contributed by atoms with van der Waals surface area (Å²) in [6, 6.07) is 9.81. The smallest absolute Gasteiger partial charge is 0.272 e. The molecule has 0 spiro atoms. The van der Waals surface area contributed by atoms with E-state index in [9.17, 15) is 9.59 Å². The normalized spacial score (nSPS) is 11.5. The minimum absolute atomic E-state index is 0.0678. The fourth-order valence-electron chi connectivity index (χ4n) is 3.69. The Labute approximate surface area is 195 Å². The molecule has 1 aromatic carbocycles. The number of thiophene rings is 1. The number of nitrogens with one attached hydrogen (secondary N) is 1. The van der Waals surface area contributed by atoms with Crippen LogP contribution in [-0.2, 0) is 17.8 Å². The number of fused-ring (bicyclic) bond motifs is 3. The van der Waals surface area contributed by atoms with Crippen molar-refractivity contribution in [3.8, 4) is 0 Å². The van der Waals surface area contributed by atoms with Gasteiger partial charge in [0.25, 0.3) is 5.56 Å². The van der Waals surface area contributed by atoms with Crippen LogP contribution in [0.2, 0.25) is 0 Å². The summed E-state index contributed by atoms with van der Waals surface area (Å²) in [5.74, 6) is 0.335. The lowest BCUT2D eigenvalue weighted by molar-refractivity contribution is -0.113. The monoisotopic (exact) mass is 466 g/mol. The number of hydrogen-bond acceptors (Lipinski definition) is 6. The molecule has 0 saturated heterocycles. The number of thioether (sulfide) groups is 1. The lowest BCUT2D eigenvalue weighted by Gasteiger charge is -2.15. The standard InChI is InChI=1S/C24H26N4O2S2/c1-5-16-9-6-8-15(4)19(16)26-18(29)13-31-24-27-20-17-10-7-11-25-22(17)32-21(20)23(30)28(24)12-14(2)3/h6-11,14H,5,12-13H2,1-4H3,(H,26,29). The average Bonchev–Trinajstić information content (AvgIpc) is 3.14. The highest BCUT2D eigenvalue weighted by Gasteiger charge is 2.18. The number of para-hydroxylation sites is 1. The van der Waals surface area contributed by atoms with E-state index < -0.39 is 0 Å². The summed E-state index contributed by atoms with van der Waals surface area (Å²) < 4.78 is 2.31. The maximum absolute atomic E-state index is 13.3. The summed E-state index contributed by atoms with van der Waals surface area (Å²) in [4.78, 5) is 36.1. The molecular formula is C24H26N4O2S2. The van der Waals surface area contributed by atoms with Gasteiger partial charge in [0.15, 0.2) is 5.16 Å². The molecule has 0 unspecified atom stereocenters. The second-order valence-corrected chi connectivity index (χ2v) is 10.1. The fourth-order valence-corrected chi connectivity index (χ4v) is 5.52. The van der Waals surface area contributed by atoms with Gasteiger partial charge in [-0.3, -0.25) is 14.2 Å². The van der Waals surface area contributed by atoms with Gasteiger partial charge in [0.2, 0.25) is 5.91 Å². The molecule has 0 fully saturated rings. The molecule has 0 aliphatic heterocycles. The number of hydrogen-bond donors (Lipinski definition) is 1. The highest BCUT2D eigenvalue weighted by molar-refractivity contribution is 7.99. The lowest BCUT2D eigenvalue weighted by atomic mass is 10.1. The molecule has 0 saturated carbocycles. The molecule has 3 aromatic heterocycles. The summed E-state index contributed by atoms with van der Waals surface area (Å²) in [6.45, 7) is 8.74. The predicted molar refractivity (Wildman–Crippen MR) is 134 cm³/mol. The van der Waals surface area contributed by atoms with Crippen LogP contribution in [-0.4, -0.2) is 26.2 Å². The van der Waals surface area contributed by atoms with E-state index >= 15 is 0 Å². The van der Waals surface area contributed by atoms with Gasteiger partial charge in [0, 0.05) is 23.8 Å². The molecule has 1 N–H and O–H groups in total. The quantitative estimate of drug-likeness (QED) is 0.297. The number of anilines is 1. The molecule has 0 radical (unpaired) electrons. The molecule has 4 aromatic rings. The van der Waals surface area contributed by atoms with Gasteiger partial charge in [-0.2, -0.15) is 0 Å². The van der Waals surface area contributed by atoms with Crippen LogP contribution in [0.15, 0.2) is 46.5 Å². The van der Waals surface area contributed by atoms with E-state index in [0.717, 1.165) is 33.5 Å². The maximum Gasteiger partial charge on any atom is 0.272 e. The van der Waals surface area contributed by atoms with Gasteiger partial charge < -0.3 is 5.32 Å². The van der Waals surface area contributed by atoms with Gasteiger partial charge in [-0.15, -0.1) is 11.3 Å². The highest BCUT2D eigenvalue weighted by Crippen LogP contribution is 2.31. The molecule has 6 nitrogen and oxygen atoms in total. The van der Waals surface area contributed by atoms with E-state index in [0.29, 0.717) is 21.9 Å². The van der Waals surface area contributed by atoms with Crippen molar-refractivity contribution in [1.82, 2.24) is 14.5 Å². The molecule has 32 heavy (non-hydrogen) atoms. The highest BCUT2D eigenvalue weighted by atomic mass is 32.2. The van der Waals surface area contributed by atoms with Crippen molar-refractivity contribution in [2.75, 3.05) is 11.1 Å². The molecule has 0 aliphatic rings. The van der Waals surface area contributed by atoms with Gasteiger partial charge in [0.05, 0.1) is 11.3 Å². The van der Waals surface area contributed by atoms with E-state index in [1.165, 1.54) is 23.1 Å². The Morgan fingerprint density at radius 1 is 1.25 bits per heavy atom. The molecule has 3 heterocycles.